The van der Waals surface area contributed by atoms with Gasteiger partial charge < -0.3 is 15.1 Å². The van der Waals surface area contributed by atoms with Crippen LogP contribution < -0.4 is 10.2 Å². The molecule has 0 spiro atoms. The average Bonchev–Trinajstić information content (AvgIpc) is 2.72. The highest BCUT2D eigenvalue weighted by Crippen LogP contribution is 2.28. The van der Waals surface area contributed by atoms with Crippen molar-refractivity contribution in [3.63, 3.8) is 0 Å². The summed E-state index contributed by atoms with van der Waals surface area (Å²) >= 11 is 0. The number of carbonyl (C=O) groups excluding carboxylic acids is 2. The van der Waals surface area contributed by atoms with Crippen molar-refractivity contribution in [2.24, 2.45) is 0 Å². The minimum atomic E-state index is -0.167. The van der Waals surface area contributed by atoms with E-state index in [4.69, 9.17) is 0 Å². The van der Waals surface area contributed by atoms with E-state index in [1.54, 1.807) is 0 Å². The maximum atomic E-state index is 13.6. The quantitative estimate of drug-likeness (QED) is 0.632. The number of hydrogen-bond donors (Lipinski definition) is 1. The smallest absolute Gasteiger partial charge is 0.230 e. The molecule has 0 fully saturated rings. The third-order valence-electron chi connectivity index (χ3n) is 5.32. The SMILES string of the molecule is CCC(=O)Nc1ccc(N(C)C)c(CN(C(=O)C(CC)c2ccccc2)C(C)C)c1. The number of amides is 2. The number of nitrogens with one attached hydrogen (secondary N) is 1. The highest BCUT2D eigenvalue weighted by atomic mass is 16.2. The highest BCUT2D eigenvalue weighted by molar-refractivity contribution is 5.91. The lowest BCUT2D eigenvalue weighted by Crippen LogP contribution is -2.39. The van der Waals surface area contributed by atoms with Gasteiger partial charge in [-0.15, -0.1) is 0 Å². The van der Waals surface area contributed by atoms with E-state index < -0.39 is 0 Å². The monoisotopic (exact) mass is 409 g/mol. The van der Waals surface area contributed by atoms with Crippen molar-refractivity contribution in [1.29, 1.82) is 0 Å². The second kappa shape index (κ2) is 10.8. The molecule has 2 rings (SSSR count). The Morgan fingerprint density at radius 3 is 2.20 bits per heavy atom. The van der Waals surface area contributed by atoms with Crippen molar-refractivity contribution in [3.05, 3.63) is 59.7 Å². The Morgan fingerprint density at radius 2 is 1.67 bits per heavy atom. The molecule has 2 aromatic carbocycles. The molecule has 0 saturated carbocycles. The van der Waals surface area contributed by atoms with Gasteiger partial charge in [0, 0.05) is 44.5 Å². The summed E-state index contributed by atoms with van der Waals surface area (Å²) in [6.07, 6.45) is 1.18. The van der Waals surface area contributed by atoms with Crippen molar-refractivity contribution >= 4 is 23.2 Å². The van der Waals surface area contributed by atoms with Crippen LogP contribution in [0.3, 0.4) is 0 Å². The fourth-order valence-electron chi connectivity index (χ4n) is 3.61. The van der Waals surface area contributed by atoms with Gasteiger partial charge in [0.05, 0.1) is 5.92 Å². The van der Waals surface area contributed by atoms with Gasteiger partial charge in [-0.2, -0.15) is 0 Å². The third-order valence-corrected chi connectivity index (χ3v) is 5.32. The summed E-state index contributed by atoms with van der Waals surface area (Å²) in [6.45, 7) is 8.47. The summed E-state index contributed by atoms with van der Waals surface area (Å²) in [5.41, 5.74) is 3.86. The number of benzene rings is 2. The number of nitrogens with zero attached hydrogens (tertiary/aromatic N) is 2. The molecule has 0 aliphatic carbocycles. The molecular formula is C25H35N3O2. The first-order valence-corrected chi connectivity index (χ1v) is 10.7. The largest absolute Gasteiger partial charge is 0.377 e. The molecule has 0 radical (unpaired) electrons. The van der Waals surface area contributed by atoms with Crippen molar-refractivity contribution < 1.29 is 9.59 Å². The molecule has 2 aromatic rings. The predicted molar refractivity (Wildman–Crippen MR) is 125 cm³/mol. The Hall–Kier alpha value is -2.82. The third kappa shape index (κ3) is 5.85. The number of hydrogen-bond acceptors (Lipinski definition) is 3. The first-order valence-electron chi connectivity index (χ1n) is 10.7. The topological polar surface area (TPSA) is 52.7 Å². The van der Waals surface area contributed by atoms with Gasteiger partial charge in [-0.25, -0.2) is 0 Å². The summed E-state index contributed by atoms with van der Waals surface area (Å²) in [5, 5.41) is 2.93. The number of carbonyl (C=O) groups is 2. The average molecular weight is 410 g/mol. The van der Waals surface area contributed by atoms with E-state index in [2.05, 4.69) is 12.2 Å². The van der Waals surface area contributed by atoms with Crippen LogP contribution >= 0.6 is 0 Å². The van der Waals surface area contributed by atoms with Gasteiger partial charge in [-0.05, 0) is 49.6 Å². The Labute approximate surface area is 181 Å². The zero-order chi connectivity index (χ0) is 22.3. The maximum absolute atomic E-state index is 13.6. The van der Waals surface area contributed by atoms with Crippen LogP contribution in [0.2, 0.25) is 0 Å². The molecule has 0 aliphatic rings. The molecule has 1 atom stereocenters. The fourth-order valence-corrected chi connectivity index (χ4v) is 3.61. The van der Waals surface area contributed by atoms with Gasteiger partial charge in [-0.3, -0.25) is 9.59 Å². The molecule has 5 heteroatoms. The van der Waals surface area contributed by atoms with E-state index in [0.29, 0.717) is 13.0 Å². The van der Waals surface area contributed by atoms with Crippen LogP contribution in [0.25, 0.3) is 0 Å². The van der Waals surface area contributed by atoms with Crippen molar-refractivity contribution in [3.8, 4) is 0 Å². The molecule has 0 saturated heterocycles. The molecule has 2 amide bonds. The lowest BCUT2D eigenvalue weighted by molar-refractivity contribution is -0.135. The molecule has 0 heterocycles. The normalized spacial score (nSPS) is 11.8. The standard InChI is InChI=1S/C25H35N3O2/c1-7-22(19-12-10-9-11-13-19)25(30)28(18(3)4)17-20-16-21(26-24(29)8-2)14-15-23(20)27(5)6/h9-16,18,22H,7-8,17H2,1-6H3,(H,26,29). The van der Waals surface area contributed by atoms with Gasteiger partial charge in [0.25, 0.3) is 0 Å². The second-order valence-electron chi connectivity index (χ2n) is 8.07. The molecule has 30 heavy (non-hydrogen) atoms. The summed E-state index contributed by atoms with van der Waals surface area (Å²) in [5.74, 6) is -0.0590. The van der Waals surface area contributed by atoms with Crippen LogP contribution in [-0.2, 0) is 16.1 Å². The van der Waals surface area contributed by atoms with Crippen LogP contribution in [0.1, 0.15) is 57.6 Å². The Bertz CT molecular complexity index is 847. The summed E-state index contributed by atoms with van der Waals surface area (Å²) in [6, 6.07) is 15.9. The van der Waals surface area contributed by atoms with E-state index in [0.717, 1.165) is 28.9 Å². The van der Waals surface area contributed by atoms with E-state index in [1.165, 1.54) is 0 Å². The molecule has 5 nitrogen and oxygen atoms in total. The minimum absolute atomic E-state index is 0.0227. The lowest BCUT2D eigenvalue weighted by atomic mass is 9.94. The number of rotatable bonds is 9. The summed E-state index contributed by atoms with van der Waals surface area (Å²) < 4.78 is 0. The molecular weight excluding hydrogens is 374 g/mol. The first-order chi connectivity index (χ1) is 14.3. The van der Waals surface area contributed by atoms with Crippen molar-refractivity contribution in [1.82, 2.24) is 4.90 Å². The van der Waals surface area contributed by atoms with Crippen LogP contribution in [-0.4, -0.2) is 36.9 Å². The van der Waals surface area contributed by atoms with E-state index in [9.17, 15) is 9.59 Å². The van der Waals surface area contributed by atoms with Crippen LogP contribution in [0.5, 0.6) is 0 Å². The molecule has 0 aliphatic heterocycles. The Kier molecular flexibility index (Phi) is 8.46. The van der Waals surface area contributed by atoms with E-state index in [-0.39, 0.29) is 23.8 Å². The van der Waals surface area contributed by atoms with Gasteiger partial charge in [0.1, 0.15) is 0 Å². The van der Waals surface area contributed by atoms with Crippen LogP contribution in [0.4, 0.5) is 11.4 Å². The first kappa shape index (κ1) is 23.5. The molecule has 0 bridgehead atoms. The van der Waals surface area contributed by atoms with Crippen LogP contribution in [0.15, 0.2) is 48.5 Å². The predicted octanol–water partition coefficient (Wildman–Crippen LogP) is 5.03. The van der Waals surface area contributed by atoms with Gasteiger partial charge >= 0.3 is 0 Å². The second-order valence-corrected chi connectivity index (χ2v) is 8.07. The van der Waals surface area contributed by atoms with E-state index >= 15 is 0 Å². The van der Waals surface area contributed by atoms with E-state index in [1.807, 2.05) is 93.2 Å². The maximum Gasteiger partial charge on any atom is 0.230 e. The molecule has 162 valence electrons. The van der Waals surface area contributed by atoms with Crippen molar-refractivity contribution in [2.75, 3.05) is 24.3 Å². The molecule has 1 unspecified atom stereocenters. The van der Waals surface area contributed by atoms with Crippen molar-refractivity contribution in [2.45, 2.75) is 59.0 Å². The highest BCUT2D eigenvalue weighted by Gasteiger charge is 2.27. The molecule has 1 N–H and O–H groups in total. The summed E-state index contributed by atoms with van der Waals surface area (Å²) in [4.78, 5) is 29.4. The lowest BCUT2D eigenvalue weighted by Gasteiger charge is -2.32. The minimum Gasteiger partial charge on any atom is -0.377 e. The number of anilines is 2. The van der Waals surface area contributed by atoms with Gasteiger partial charge in [0.15, 0.2) is 0 Å². The van der Waals surface area contributed by atoms with Gasteiger partial charge in [0.2, 0.25) is 11.8 Å². The zero-order valence-electron chi connectivity index (χ0n) is 19.1. The Morgan fingerprint density at radius 1 is 1.00 bits per heavy atom. The van der Waals surface area contributed by atoms with Gasteiger partial charge in [-0.1, -0.05) is 44.2 Å². The van der Waals surface area contributed by atoms with Crippen LogP contribution in [0, 0.1) is 0 Å². The summed E-state index contributed by atoms with van der Waals surface area (Å²) in [7, 11) is 3.98. The molecule has 0 aromatic heterocycles. The fraction of sp³-hybridized carbons (Fsp3) is 0.440. The Balaban J connectivity index is 2.38. The zero-order valence-corrected chi connectivity index (χ0v) is 19.1.